The number of primary amides is 1. The first-order valence-electron chi connectivity index (χ1n) is 19.1. The number of anilines is 1. The summed E-state index contributed by atoms with van der Waals surface area (Å²) in [5.74, 6) is -0.316. The van der Waals surface area contributed by atoms with Gasteiger partial charge in [-0.15, -0.1) is 0 Å². The van der Waals surface area contributed by atoms with Crippen LogP contribution in [0, 0.1) is 6.92 Å². The molecule has 13 heteroatoms. The smallest absolute Gasteiger partial charge is 0.344 e. The number of phenolic OH excluding ortho intramolecular Hbond substituents is 1. The Kier molecular flexibility index (Phi) is 13.4. The second-order valence-corrected chi connectivity index (χ2v) is 14.7. The number of amides is 2. The summed E-state index contributed by atoms with van der Waals surface area (Å²) in [5, 5.41) is 19.2. The van der Waals surface area contributed by atoms with Gasteiger partial charge in [0.2, 0.25) is 11.8 Å². The van der Waals surface area contributed by atoms with Gasteiger partial charge in [0, 0.05) is 34.0 Å². The van der Waals surface area contributed by atoms with Crippen molar-refractivity contribution in [3.05, 3.63) is 164 Å². The largest absolute Gasteiger partial charge is 0.508 e. The van der Waals surface area contributed by atoms with Crippen LogP contribution in [0.4, 0.5) is 5.69 Å². The molecule has 0 spiro atoms. The Bertz CT molecular complexity index is 3110. The van der Waals surface area contributed by atoms with Crippen LogP contribution >= 0.6 is 0 Å². The predicted molar refractivity (Wildman–Crippen MR) is 241 cm³/mol. The third-order valence-electron chi connectivity index (χ3n) is 9.22. The molecule has 2 amide bonds. The summed E-state index contributed by atoms with van der Waals surface area (Å²) < 4.78 is 15.8. The molecule has 0 saturated carbocycles. The molecule has 0 unspecified atom stereocenters. The summed E-state index contributed by atoms with van der Waals surface area (Å²) in [4.78, 5) is 60.7. The minimum absolute atomic E-state index is 0.0888. The second kappa shape index (κ2) is 19.0. The van der Waals surface area contributed by atoms with Gasteiger partial charge in [0.15, 0.2) is 0 Å². The summed E-state index contributed by atoms with van der Waals surface area (Å²) in [5.41, 5.74) is 7.01. The zero-order valence-corrected chi connectivity index (χ0v) is 34.2. The van der Waals surface area contributed by atoms with Crippen molar-refractivity contribution in [2.75, 3.05) is 46.6 Å². The van der Waals surface area contributed by atoms with Gasteiger partial charge in [-0.25, -0.2) is 14.4 Å². The molecule has 0 atom stereocenters. The van der Waals surface area contributed by atoms with E-state index in [4.69, 9.17) is 19.0 Å². The molecule has 0 fully saturated rings. The number of nitrogens with zero attached hydrogens (tertiary/aromatic N) is 2. The highest BCUT2D eigenvalue weighted by atomic mass is 16.4. The van der Waals surface area contributed by atoms with Crippen LogP contribution in [0.3, 0.4) is 0 Å². The third kappa shape index (κ3) is 10.5. The fraction of sp³-hybridized carbons (Fsp3) is 0.146. The van der Waals surface area contributed by atoms with Crippen molar-refractivity contribution in [1.82, 2.24) is 9.80 Å². The van der Waals surface area contributed by atoms with Gasteiger partial charge >= 0.3 is 16.9 Å². The van der Waals surface area contributed by atoms with Gasteiger partial charge in [0.1, 0.15) is 22.5 Å². The average Bonchev–Trinajstić information content (AvgIpc) is 3.21. The van der Waals surface area contributed by atoms with E-state index >= 15 is 0 Å². The third-order valence-corrected chi connectivity index (χ3v) is 9.22. The fourth-order valence-corrected chi connectivity index (χ4v) is 6.61. The number of hydrogen-bond acceptors (Lipinski definition) is 11. The highest BCUT2D eigenvalue weighted by molar-refractivity contribution is 6.07. The molecule has 0 aliphatic rings. The molecule has 61 heavy (non-hydrogen) atoms. The van der Waals surface area contributed by atoms with Crippen LogP contribution in [0.1, 0.15) is 5.56 Å². The monoisotopic (exact) mass is 820 g/mol. The normalized spacial score (nSPS) is 10.9. The first-order chi connectivity index (χ1) is 29.2. The van der Waals surface area contributed by atoms with Gasteiger partial charge in [-0.1, -0.05) is 66.7 Å². The van der Waals surface area contributed by atoms with E-state index in [0.29, 0.717) is 51.7 Å². The van der Waals surface area contributed by atoms with Crippen molar-refractivity contribution in [2.45, 2.75) is 6.92 Å². The Morgan fingerprint density at radius 3 is 1.34 bits per heavy atom. The SMILES string of the molecule is CN(C)CC(=O)Nc1ccc2c(c1)oc(=O)c1ccccc12.CN(C)CC(N)=O.Cc1ccc2c(c1)oc(=O)c1ccccc12.O=c1oc2cc(O)ccc2c2ccccc12. The van der Waals surface area contributed by atoms with Crippen LogP contribution < -0.4 is 27.9 Å². The lowest BCUT2D eigenvalue weighted by atomic mass is 10.1. The van der Waals surface area contributed by atoms with Gasteiger partial charge in [0.05, 0.1) is 29.2 Å². The van der Waals surface area contributed by atoms with Crippen molar-refractivity contribution in [1.29, 1.82) is 0 Å². The second-order valence-electron chi connectivity index (χ2n) is 14.7. The molecule has 9 aromatic rings. The highest BCUT2D eigenvalue weighted by Crippen LogP contribution is 2.27. The number of rotatable bonds is 5. The lowest BCUT2D eigenvalue weighted by Crippen LogP contribution is -2.27. The van der Waals surface area contributed by atoms with Crippen molar-refractivity contribution < 1.29 is 27.9 Å². The fourth-order valence-electron chi connectivity index (χ4n) is 6.61. The minimum atomic E-state index is -0.381. The minimum Gasteiger partial charge on any atom is -0.508 e. The van der Waals surface area contributed by atoms with Crippen molar-refractivity contribution >= 4 is 82.7 Å². The summed E-state index contributed by atoms with van der Waals surface area (Å²) in [6.07, 6.45) is 0. The number of carbonyl (C=O) groups is 2. The highest BCUT2D eigenvalue weighted by Gasteiger charge is 2.10. The average molecular weight is 821 g/mol. The van der Waals surface area contributed by atoms with Crippen molar-refractivity contribution in [3.8, 4) is 5.75 Å². The van der Waals surface area contributed by atoms with Crippen LogP contribution in [0.2, 0.25) is 0 Å². The van der Waals surface area contributed by atoms with E-state index < -0.39 is 0 Å². The number of fused-ring (bicyclic) bond motifs is 9. The van der Waals surface area contributed by atoms with Crippen LogP contribution in [0.5, 0.6) is 5.75 Å². The number of nitrogens with one attached hydrogen (secondary N) is 1. The number of likely N-dealkylation sites (N-methyl/N-ethyl adjacent to an activating group) is 2. The number of nitrogens with two attached hydrogens (primary N) is 1. The Morgan fingerprint density at radius 2 is 0.918 bits per heavy atom. The molecule has 6 aromatic carbocycles. The van der Waals surface area contributed by atoms with Crippen LogP contribution in [-0.4, -0.2) is 68.0 Å². The summed E-state index contributed by atoms with van der Waals surface area (Å²) in [6.45, 7) is 2.61. The number of benzene rings is 6. The van der Waals surface area contributed by atoms with Gasteiger partial charge in [0.25, 0.3) is 0 Å². The van der Waals surface area contributed by atoms with Gasteiger partial charge < -0.3 is 39.2 Å². The number of aryl methyl sites for hydroxylation is 1. The Morgan fingerprint density at radius 1 is 0.525 bits per heavy atom. The summed E-state index contributed by atoms with van der Waals surface area (Å²) in [6, 6.07) is 38.1. The van der Waals surface area contributed by atoms with E-state index in [1.54, 1.807) is 72.4 Å². The molecular formula is C48H44N4O9. The van der Waals surface area contributed by atoms with E-state index in [-0.39, 0.29) is 34.4 Å². The zero-order valence-electron chi connectivity index (χ0n) is 34.2. The summed E-state index contributed by atoms with van der Waals surface area (Å²) >= 11 is 0. The first kappa shape index (κ1) is 43.0. The molecule has 9 rings (SSSR count). The lowest BCUT2D eigenvalue weighted by molar-refractivity contribution is -0.118. The quantitative estimate of drug-likeness (QED) is 0.116. The molecule has 0 saturated heterocycles. The molecule has 13 nitrogen and oxygen atoms in total. The van der Waals surface area contributed by atoms with Gasteiger partial charge in [-0.2, -0.15) is 0 Å². The molecule has 3 heterocycles. The van der Waals surface area contributed by atoms with Crippen LogP contribution in [0.25, 0.3) is 65.2 Å². The molecule has 3 aromatic heterocycles. The van der Waals surface area contributed by atoms with E-state index in [1.807, 2.05) is 93.8 Å². The number of phenols is 1. The van der Waals surface area contributed by atoms with E-state index in [0.717, 1.165) is 37.9 Å². The maximum Gasteiger partial charge on any atom is 0.344 e. The molecule has 4 N–H and O–H groups in total. The molecule has 0 radical (unpaired) electrons. The first-order valence-corrected chi connectivity index (χ1v) is 19.1. The standard InChI is InChI=1S/C17H16N2O3.C14H10O2.C13H8O3.C4H10N2O/c1-19(2)10-16(20)18-11-7-8-13-12-5-3-4-6-14(12)17(21)22-15(13)9-11;1-9-6-7-11-10-4-2-3-5-12(10)14(15)16-13(11)8-9;14-8-5-6-10-9-3-1-2-4-11(9)13(15)16-12(10)7-8;1-6(2)3-4(5)7/h3-9H,10H2,1-2H3,(H,18,20);2-8H,1H3;1-7,14H;3H2,1-2H3,(H2,5,7). The molecule has 0 aliphatic heterocycles. The van der Waals surface area contributed by atoms with Crippen LogP contribution in [-0.2, 0) is 9.59 Å². The Hall–Kier alpha value is -7.61. The number of hydrogen-bond donors (Lipinski definition) is 3. The van der Waals surface area contributed by atoms with Crippen LogP contribution in [0.15, 0.2) is 155 Å². The van der Waals surface area contributed by atoms with Gasteiger partial charge in [-0.3, -0.25) is 9.59 Å². The molecule has 0 aliphatic carbocycles. The topological polar surface area (TPSA) is 190 Å². The molecule has 310 valence electrons. The van der Waals surface area contributed by atoms with Crippen molar-refractivity contribution in [2.24, 2.45) is 5.73 Å². The zero-order chi connectivity index (χ0) is 43.8. The summed E-state index contributed by atoms with van der Waals surface area (Å²) in [7, 11) is 7.24. The Labute approximate surface area is 348 Å². The van der Waals surface area contributed by atoms with E-state index in [1.165, 1.54) is 6.07 Å². The van der Waals surface area contributed by atoms with E-state index in [9.17, 15) is 29.1 Å². The van der Waals surface area contributed by atoms with E-state index in [2.05, 4.69) is 5.32 Å². The number of aromatic hydroxyl groups is 1. The predicted octanol–water partition coefficient (Wildman–Crippen LogP) is 7.39. The maximum atomic E-state index is 12.0. The number of carbonyl (C=O) groups excluding carboxylic acids is 2. The van der Waals surface area contributed by atoms with Gasteiger partial charge in [-0.05, 0) is 105 Å². The maximum absolute atomic E-state index is 12.0. The molecular weight excluding hydrogens is 777 g/mol. The molecule has 0 bridgehead atoms. The Balaban J connectivity index is 0.000000144. The lowest BCUT2D eigenvalue weighted by Gasteiger charge is -2.10. The van der Waals surface area contributed by atoms with Crippen molar-refractivity contribution in [3.63, 3.8) is 0 Å².